The molecule has 0 bridgehead atoms. The Bertz CT molecular complexity index is 634. The summed E-state index contributed by atoms with van der Waals surface area (Å²) in [5, 5.41) is 9.86. The van der Waals surface area contributed by atoms with E-state index in [9.17, 15) is 0 Å². The van der Waals surface area contributed by atoms with Crippen molar-refractivity contribution in [2.45, 2.75) is 39.7 Å². The topological polar surface area (TPSA) is 49.3 Å². The molecule has 2 rings (SSSR count). The van der Waals surface area contributed by atoms with Crippen LogP contribution < -0.4 is 10.6 Å². The number of thiazole rings is 1. The number of nitrogens with zero attached hydrogens (tertiary/aromatic N) is 2. The maximum Gasteiger partial charge on any atom is 0.191 e. The van der Waals surface area contributed by atoms with Crippen LogP contribution in [0.25, 0.3) is 0 Å². The van der Waals surface area contributed by atoms with Crippen molar-refractivity contribution in [3.8, 4) is 0 Å². The summed E-state index contributed by atoms with van der Waals surface area (Å²) in [5.74, 6) is 1.32. The molecule has 0 fully saturated rings. The summed E-state index contributed by atoms with van der Waals surface area (Å²) < 4.78 is 1.18. The summed E-state index contributed by atoms with van der Waals surface area (Å²) in [5.41, 5.74) is 1.15. The molecule has 2 aromatic heterocycles. The van der Waals surface area contributed by atoms with Crippen LogP contribution in [0.15, 0.2) is 26.3 Å². The monoisotopic (exact) mass is 414 g/mol. The van der Waals surface area contributed by atoms with E-state index < -0.39 is 0 Å². The Balaban J connectivity index is 1.85. The van der Waals surface area contributed by atoms with E-state index in [1.807, 2.05) is 0 Å². The third-order valence-corrected chi connectivity index (χ3v) is 5.71. The number of guanidine groups is 1. The molecule has 2 heterocycles. The third kappa shape index (κ3) is 6.24. The highest BCUT2D eigenvalue weighted by molar-refractivity contribution is 9.11. The Kier molecular flexibility index (Phi) is 7.52. The van der Waals surface area contributed by atoms with E-state index in [1.54, 1.807) is 22.7 Å². The van der Waals surface area contributed by atoms with E-state index in [1.165, 1.54) is 8.66 Å². The normalized spacial score (nSPS) is 12.0. The predicted octanol–water partition coefficient (Wildman–Crippen LogP) is 4.39. The van der Waals surface area contributed by atoms with E-state index in [2.05, 4.69) is 74.8 Å². The van der Waals surface area contributed by atoms with Gasteiger partial charge < -0.3 is 10.6 Å². The van der Waals surface area contributed by atoms with Crippen molar-refractivity contribution in [3.05, 3.63) is 36.9 Å². The van der Waals surface area contributed by atoms with Gasteiger partial charge in [0.05, 0.1) is 16.0 Å². The first-order valence-corrected chi connectivity index (χ1v) is 10.3. The van der Waals surface area contributed by atoms with Crippen LogP contribution in [-0.2, 0) is 13.0 Å². The molecule has 2 N–H and O–H groups in total. The molecule has 0 aromatic carbocycles. The van der Waals surface area contributed by atoms with Gasteiger partial charge in [0.15, 0.2) is 5.96 Å². The van der Waals surface area contributed by atoms with Gasteiger partial charge in [-0.3, -0.25) is 0 Å². The largest absolute Gasteiger partial charge is 0.357 e. The molecule has 0 amide bonds. The standard InChI is InChI=1S/C16H23BrN4S2/c1-4-18-16(19-8-7-12-5-6-14(17)23-12)20-9-15-21-13(10-22-15)11(2)3/h5-6,10-11H,4,7-9H2,1-3H3,(H2,18,19,20). The Labute approximate surface area is 154 Å². The molecule has 0 radical (unpaired) electrons. The van der Waals surface area contributed by atoms with Crippen LogP contribution in [0.3, 0.4) is 0 Å². The van der Waals surface area contributed by atoms with Crippen molar-refractivity contribution < 1.29 is 0 Å². The van der Waals surface area contributed by atoms with Gasteiger partial charge in [-0.2, -0.15) is 0 Å². The highest BCUT2D eigenvalue weighted by atomic mass is 79.9. The summed E-state index contributed by atoms with van der Waals surface area (Å²) in [6, 6.07) is 4.25. The lowest BCUT2D eigenvalue weighted by Crippen LogP contribution is -2.38. The molecular weight excluding hydrogens is 392 g/mol. The van der Waals surface area contributed by atoms with E-state index in [0.29, 0.717) is 12.5 Å². The van der Waals surface area contributed by atoms with Gasteiger partial charge in [-0.05, 0) is 47.3 Å². The Morgan fingerprint density at radius 2 is 2.17 bits per heavy atom. The van der Waals surface area contributed by atoms with Gasteiger partial charge in [-0.15, -0.1) is 22.7 Å². The van der Waals surface area contributed by atoms with Crippen molar-refractivity contribution in [1.29, 1.82) is 0 Å². The number of nitrogens with one attached hydrogen (secondary N) is 2. The van der Waals surface area contributed by atoms with Crippen LogP contribution in [0.5, 0.6) is 0 Å². The fraction of sp³-hybridized carbons (Fsp3) is 0.500. The molecule has 7 heteroatoms. The lowest BCUT2D eigenvalue weighted by molar-refractivity contribution is 0.797. The quantitative estimate of drug-likeness (QED) is 0.521. The number of hydrogen-bond acceptors (Lipinski definition) is 4. The molecule has 0 saturated carbocycles. The first kappa shape index (κ1) is 18.4. The summed E-state index contributed by atoms with van der Waals surface area (Å²) in [6.07, 6.45) is 0.995. The lowest BCUT2D eigenvalue weighted by atomic mass is 10.2. The Morgan fingerprint density at radius 3 is 2.78 bits per heavy atom. The van der Waals surface area contributed by atoms with Gasteiger partial charge in [-0.1, -0.05) is 13.8 Å². The number of rotatable bonds is 7. The first-order chi connectivity index (χ1) is 11.1. The van der Waals surface area contributed by atoms with Crippen LogP contribution in [-0.4, -0.2) is 24.0 Å². The summed E-state index contributed by atoms with van der Waals surface area (Å²) in [6.45, 7) is 8.75. The average molecular weight is 415 g/mol. The van der Waals surface area contributed by atoms with Crippen LogP contribution in [0.4, 0.5) is 0 Å². The van der Waals surface area contributed by atoms with Crippen molar-refractivity contribution in [1.82, 2.24) is 15.6 Å². The first-order valence-electron chi connectivity index (χ1n) is 7.79. The highest BCUT2D eigenvalue weighted by Crippen LogP contribution is 2.22. The van der Waals surface area contributed by atoms with Gasteiger partial charge in [0.25, 0.3) is 0 Å². The van der Waals surface area contributed by atoms with Crippen molar-refractivity contribution in [2.24, 2.45) is 4.99 Å². The molecule has 0 atom stereocenters. The second-order valence-corrected chi connectivity index (χ2v) is 8.89. The second-order valence-electron chi connectivity index (χ2n) is 5.40. The number of hydrogen-bond donors (Lipinski definition) is 2. The molecule has 2 aromatic rings. The zero-order valence-electron chi connectivity index (χ0n) is 13.7. The SMILES string of the molecule is CCNC(=NCc1nc(C(C)C)cs1)NCCc1ccc(Br)s1. The smallest absolute Gasteiger partial charge is 0.191 e. The van der Waals surface area contributed by atoms with Crippen LogP contribution in [0.1, 0.15) is 42.3 Å². The van der Waals surface area contributed by atoms with E-state index >= 15 is 0 Å². The molecular formula is C16H23BrN4S2. The van der Waals surface area contributed by atoms with Gasteiger partial charge in [0.2, 0.25) is 0 Å². The molecule has 0 unspecified atom stereocenters. The van der Waals surface area contributed by atoms with Crippen molar-refractivity contribution in [2.75, 3.05) is 13.1 Å². The highest BCUT2D eigenvalue weighted by Gasteiger charge is 2.06. The third-order valence-electron chi connectivity index (χ3n) is 3.17. The van der Waals surface area contributed by atoms with Crippen LogP contribution in [0.2, 0.25) is 0 Å². The fourth-order valence-electron chi connectivity index (χ4n) is 1.94. The molecule has 0 aliphatic rings. The summed E-state index contributed by atoms with van der Waals surface area (Å²) in [4.78, 5) is 10.6. The Hall–Kier alpha value is -0.920. The molecule has 0 aliphatic carbocycles. The molecule has 0 aliphatic heterocycles. The summed E-state index contributed by atoms with van der Waals surface area (Å²) in [7, 11) is 0. The molecule has 0 saturated heterocycles. The number of thiophene rings is 1. The zero-order valence-corrected chi connectivity index (χ0v) is 16.9. The van der Waals surface area contributed by atoms with Crippen molar-refractivity contribution in [3.63, 3.8) is 0 Å². The van der Waals surface area contributed by atoms with Gasteiger partial charge in [0, 0.05) is 23.3 Å². The van der Waals surface area contributed by atoms with E-state index in [-0.39, 0.29) is 0 Å². The minimum Gasteiger partial charge on any atom is -0.357 e. The maximum atomic E-state index is 4.63. The van der Waals surface area contributed by atoms with Crippen molar-refractivity contribution >= 4 is 44.6 Å². The Morgan fingerprint density at radius 1 is 1.35 bits per heavy atom. The van der Waals surface area contributed by atoms with Crippen LogP contribution >= 0.6 is 38.6 Å². The lowest BCUT2D eigenvalue weighted by Gasteiger charge is -2.10. The molecule has 4 nitrogen and oxygen atoms in total. The predicted molar refractivity (Wildman–Crippen MR) is 105 cm³/mol. The van der Waals surface area contributed by atoms with Gasteiger partial charge >= 0.3 is 0 Å². The maximum absolute atomic E-state index is 4.63. The zero-order chi connectivity index (χ0) is 16.7. The molecule has 126 valence electrons. The molecule has 0 spiro atoms. The minimum atomic E-state index is 0.473. The van der Waals surface area contributed by atoms with Gasteiger partial charge in [0.1, 0.15) is 5.01 Å². The number of halogens is 1. The molecule has 23 heavy (non-hydrogen) atoms. The number of aliphatic imine (C=N–C) groups is 1. The summed E-state index contributed by atoms with van der Waals surface area (Å²) >= 11 is 6.96. The van der Waals surface area contributed by atoms with Crippen LogP contribution in [0, 0.1) is 0 Å². The van der Waals surface area contributed by atoms with Gasteiger partial charge in [-0.25, -0.2) is 9.98 Å². The van der Waals surface area contributed by atoms with E-state index in [0.717, 1.165) is 36.2 Å². The fourth-order valence-corrected chi connectivity index (χ4v) is 4.30. The second kappa shape index (κ2) is 9.39. The average Bonchev–Trinajstić information content (AvgIpc) is 3.14. The number of aromatic nitrogens is 1. The van der Waals surface area contributed by atoms with E-state index in [4.69, 9.17) is 0 Å². The minimum absolute atomic E-state index is 0.473.